The van der Waals surface area contributed by atoms with Crippen LogP contribution in [0, 0.1) is 11.3 Å². The van der Waals surface area contributed by atoms with E-state index in [1.54, 1.807) is 7.05 Å². The van der Waals surface area contributed by atoms with E-state index in [0.29, 0.717) is 11.5 Å². The number of aromatic nitrogens is 1. The van der Waals surface area contributed by atoms with E-state index in [-0.39, 0.29) is 17.2 Å². The van der Waals surface area contributed by atoms with Crippen molar-refractivity contribution in [2.75, 3.05) is 0 Å². The fourth-order valence-electron chi connectivity index (χ4n) is 2.25. The topological polar surface area (TPSA) is 61.2 Å². The summed E-state index contributed by atoms with van der Waals surface area (Å²) in [6.07, 6.45) is 0.909. The van der Waals surface area contributed by atoms with Crippen molar-refractivity contribution in [1.82, 2.24) is 4.57 Å². The first-order chi connectivity index (χ1) is 9.20. The summed E-state index contributed by atoms with van der Waals surface area (Å²) < 4.78 is 6.72. The van der Waals surface area contributed by atoms with Crippen molar-refractivity contribution in [2.24, 2.45) is 24.1 Å². The molecule has 1 heterocycles. The van der Waals surface area contributed by atoms with Crippen molar-refractivity contribution in [3.8, 4) is 0 Å². The first kappa shape index (κ1) is 14.9. The minimum absolute atomic E-state index is 0.0425. The molecule has 0 amide bonds. The Kier molecular flexibility index (Phi) is 3.78. The number of hydrogen-bond acceptors (Lipinski definition) is 3. The van der Waals surface area contributed by atoms with Gasteiger partial charge in [0.1, 0.15) is 0 Å². The molecule has 2 N–H and O–H groups in total. The van der Waals surface area contributed by atoms with Gasteiger partial charge < -0.3 is 10.2 Å². The molecule has 2 rings (SSSR count). The van der Waals surface area contributed by atoms with Gasteiger partial charge in [0.15, 0.2) is 5.58 Å². The molecule has 0 aliphatic rings. The Hall–Kier alpha value is -1.55. The maximum Gasteiger partial charge on any atom is 0.419 e. The Morgan fingerprint density at radius 2 is 2.00 bits per heavy atom. The van der Waals surface area contributed by atoms with Gasteiger partial charge in [0, 0.05) is 13.1 Å². The third-order valence-electron chi connectivity index (χ3n) is 4.33. The van der Waals surface area contributed by atoms with E-state index < -0.39 is 0 Å². The predicted molar refractivity (Wildman–Crippen MR) is 81.6 cm³/mol. The third kappa shape index (κ3) is 2.80. The number of fused-ring (bicyclic) bond motifs is 1. The summed E-state index contributed by atoms with van der Waals surface area (Å²) in [6.45, 7) is 8.90. The van der Waals surface area contributed by atoms with Gasteiger partial charge in [-0.1, -0.05) is 33.8 Å². The van der Waals surface area contributed by atoms with Crippen molar-refractivity contribution in [3.63, 3.8) is 0 Å². The predicted octanol–water partition coefficient (Wildman–Crippen LogP) is 3.20. The molecule has 0 aliphatic heterocycles. The van der Waals surface area contributed by atoms with Crippen molar-refractivity contribution >= 4 is 11.1 Å². The molecule has 0 fully saturated rings. The zero-order valence-corrected chi connectivity index (χ0v) is 12.9. The molecular weight excluding hydrogens is 252 g/mol. The van der Waals surface area contributed by atoms with Crippen LogP contribution in [0.25, 0.3) is 11.1 Å². The number of nitrogens with zero attached hydrogens (tertiary/aromatic N) is 1. The molecule has 4 heteroatoms. The highest BCUT2D eigenvalue weighted by Crippen LogP contribution is 2.32. The van der Waals surface area contributed by atoms with Crippen LogP contribution >= 0.6 is 0 Å². The summed E-state index contributed by atoms with van der Waals surface area (Å²) in [6, 6.07) is 5.73. The number of hydrogen-bond donors (Lipinski definition) is 1. The van der Waals surface area contributed by atoms with Crippen LogP contribution in [-0.4, -0.2) is 4.57 Å². The summed E-state index contributed by atoms with van der Waals surface area (Å²) in [5.74, 6) is 0.171. The van der Waals surface area contributed by atoms with Gasteiger partial charge in [-0.15, -0.1) is 0 Å². The lowest BCUT2D eigenvalue weighted by Gasteiger charge is -2.29. The molecule has 1 aromatic heterocycles. The average molecular weight is 276 g/mol. The maximum atomic E-state index is 11.5. The van der Waals surface area contributed by atoms with Gasteiger partial charge in [0.2, 0.25) is 0 Å². The lowest BCUT2D eigenvalue weighted by Crippen LogP contribution is -2.23. The molecule has 0 saturated carbocycles. The monoisotopic (exact) mass is 276 g/mol. The minimum Gasteiger partial charge on any atom is -0.408 e. The Morgan fingerprint density at radius 1 is 1.35 bits per heavy atom. The summed E-state index contributed by atoms with van der Waals surface area (Å²) in [4.78, 5) is 11.5. The maximum absolute atomic E-state index is 11.5. The van der Waals surface area contributed by atoms with Gasteiger partial charge in [-0.2, -0.15) is 0 Å². The van der Waals surface area contributed by atoms with Crippen LogP contribution in [0.1, 0.15) is 45.7 Å². The summed E-state index contributed by atoms with van der Waals surface area (Å²) in [5.41, 5.74) is 8.96. The molecule has 0 spiro atoms. The molecule has 110 valence electrons. The van der Waals surface area contributed by atoms with Gasteiger partial charge in [-0.05, 0) is 35.4 Å². The van der Waals surface area contributed by atoms with E-state index in [1.807, 2.05) is 18.2 Å². The zero-order valence-electron chi connectivity index (χ0n) is 12.9. The second-order valence-electron chi connectivity index (χ2n) is 6.76. The quantitative estimate of drug-likeness (QED) is 0.936. The molecule has 2 unspecified atom stereocenters. The average Bonchev–Trinajstić information content (AvgIpc) is 2.63. The smallest absolute Gasteiger partial charge is 0.408 e. The molecule has 0 bridgehead atoms. The largest absolute Gasteiger partial charge is 0.419 e. The van der Waals surface area contributed by atoms with Gasteiger partial charge in [0.25, 0.3) is 0 Å². The highest BCUT2D eigenvalue weighted by atomic mass is 16.4. The van der Waals surface area contributed by atoms with E-state index in [0.717, 1.165) is 17.5 Å². The normalized spacial score (nSPS) is 15.5. The molecule has 20 heavy (non-hydrogen) atoms. The standard InChI is InChI=1S/C16H24N2O2/c1-10(16(2,3)4)8-12(17)11-6-7-13-14(9-11)20-15(19)18(13)5/h6-7,9-10,12H,8,17H2,1-5H3. The van der Waals surface area contributed by atoms with E-state index in [4.69, 9.17) is 10.2 Å². The van der Waals surface area contributed by atoms with E-state index in [2.05, 4.69) is 27.7 Å². The molecular formula is C16H24N2O2. The van der Waals surface area contributed by atoms with Crippen LogP contribution in [0.4, 0.5) is 0 Å². The van der Waals surface area contributed by atoms with Gasteiger partial charge in [-0.25, -0.2) is 4.79 Å². The van der Waals surface area contributed by atoms with Crippen LogP contribution in [0.3, 0.4) is 0 Å². The molecule has 0 saturated heterocycles. The Morgan fingerprint density at radius 3 is 2.60 bits per heavy atom. The van der Waals surface area contributed by atoms with Crippen molar-refractivity contribution < 1.29 is 4.42 Å². The molecule has 2 atom stereocenters. The van der Waals surface area contributed by atoms with Crippen LogP contribution in [-0.2, 0) is 7.05 Å². The van der Waals surface area contributed by atoms with E-state index in [9.17, 15) is 4.79 Å². The fourth-order valence-corrected chi connectivity index (χ4v) is 2.25. The first-order valence-electron chi connectivity index (χ1n) is 7.05. The van der Waals surface area contributed by atoms with Crippen molar-refractivity contribution in [1.29, 1.82) is 0 Å². The van der Waals surface area contributed by atoms with E-state index in [1.165, 1.54) is 4.57 Å². The number of benzene rings is 1. The van der Waals surface area contributed by atoms with Crippen LogP contribution in [0.5, 0.6) is 0 Å². The van der Waals surface area contributed by atoms with E-state index >= 15 is 0 Å². The molecule has 0 radical (unpaired) electrons. The van der Waals surface area contributed by atoms with Crippen LogP contribution in [0.15, 0.2) is 27.4 Å². The Labute approximate surface area is 119 Å². The van der Waals surface area contributed by atoms with Crippen molar-refractivity contribution in [3.05, 3.63) is 34.3 Å². The number of nitrogens with two attached hydrogens (primary N) is 1. The van der Waals surface area contributed by atoms with Crippen LogP contribution < -0.4 is 11.5 Å². The molecule has 2 aromatic rings. The Balaban J connectivity index is 2.27. The van der Waals surface area contributed by atoms with Crippen LogP contribution in [0.2, 0.25) is 0 Å². The number of rotatable bonds is 3. The lowest BCUT2D eigenvalue weighted by molar-refractivity contribution is 0.234. The highest BCUT2D eigenvalue weighted by molar-refractivity contribution is 5.73. The lowest BCUT2D eigenvalue weighted by atomic mass is 9.78. The molecule has 0 aliphatic carbocycles. The molecule has 4 nitrogen and oxygen atoms in total. The summed E-state index contributed by atoms with van der Waals surface area (Å²) >= 11 is 0. The Bertz CT molecular complexity index is 661. The van der Waals surface area contributed by atoms with Gasteiger partial charge >= 0.3 is 5.76 Å². The highest BCUT2D eigenvalue weighted by Gasteiger charge is 2.23. The van der Waals surface area contributed by atoms with Gasteiger partial charge in [0.05, 0.1) is 5.52 Å². The zero-order chi connectivity index (χ0) is 15.1. The van der Waals surface area contributed by atoms with Crippen molar-refractivity contribution in [2.45, 2.75) is 40.2 Å². The summed E-state index contributed by atoms with van der Waals surface area (Å²) in [5, 5.41) is 0. The SMILES string of the molecule is CC(CC(N)c1ccc2c(c1)oc(=O)n2C)C(C)(C)C. The van der Waals surface area contributed by atoms with Gasteiger partial charge in [-0.3, -0.25) is 4.57 Å². The molecule has 1 aromatic carbocycles. The number of oxazole rings is 1. The second-order valence-corrected chi connectivity index (χ2v) is 6.76. The minimum atomic E-state index is -0.339. The third-order valence-corrected chi connectivity index (χ3v) is 4.33. The first-order valence-corrected chi connectivity index (χ1v) is 7.05. The fraction of sp³-hybridized carbons (Fsp3) is 0.562. The summed E-state index contributed by atoms with van der Waals surface area (Å²) in [7, 11) is 1.70. The second kappa shape index (κ2) is 5.09. The number of aryl methyl sites for hydroxylation is 1.